The molecule has 1 N–H and O–H groups in total. The van der Waals surface area contributed by atoms with Crippen LogP contribution >= 0.6 is 34.5 Å². The average Bonchev–Trinajstić information content (AvgIpc) is 3.43. The molecule has 1 amide bonds. The zero-order valence-electron chi connectivity index (χ0n) is 19.1. The fourth-order valence-electron chi connectivity index (χ4n) is 3.55. The fraction of sp³-hybridized carbons (Fsp3) is 0.304. The lowest BCUT2D eigenvalue weighted by molar-refractivity contribution is -0.757. The summed E-state index contributed by atoms with van der Waals surface area (Å²) in [6.45, 7) is 3.98. The second-order valence-electron chi connectivity index (χ2n) is 7.64. The van der Waals surface area contributed by atoms with Crippen molar-refractivity contribution in [3.8, 4) is 28.1 Å². The normalized spacial score (nSPS) is 13.6. The monoisotopic (exact) mass is 549 g/mol. The summed E-state index contributed by atoms with van der Waals surface area (Å²) >= 11 is 14.0. The zero-order chi connectivity index (χ0) is 25.7. The molecule has 0 atom stereocenters. The van der Waals surface area contributed by atoms with Crippen LogP contribution in [0.5, 0.6) is 0 Å². The molecular weight excluding hydrogens is 529 g/mol. The number of benzene rings is 1. The van der Waals surface area contributed by atoms with E-state index < -0.39 is 5.09 Å². The minimum Gasteiger partial charge on any atom is -0.379 e. The Balaban J connectivity index is 1.68. The number of hydrazine groups is 1. The van der Waals surface area contributed by atoms with Crippen LogP contribution in [-0.4, -0.2) is 58.7 Å². The van der Waals surface area contributed by atoms with Gasteiger partial charge in [-0.1, -0.05) is 35.0 Å². The molecule has 1 saturated heterocycles. The number of carbonyl (C=O) groups is 1. The molecular formula is C23H21Cl2N5O5S. The number of hydrogen-bond donors (Lipinski definition) is 1. The first-order valence-electron chi connectivity index (χ1n) is 10.9. The zero-order valence-corrected chi connectivity index (χ0v) is 21.5. The number of nitrogens with one attached hydrogen (secondary N) is 1. The van der Waals surface area contributed by atoms with Crippen LogP contribution in [0.25, 0.3) is 16.3 Å². The molecule has 1 aliphatic heterocycles. The molecule has 0 aliphatic carbocycles. The Morgan fingerprint density at radius 1 is 1.31 bits per heavy atom. The number of amides is 1. The van der Waals surface area contributed by atoms with Crippen LogP contribution < -0.4 is 5.43 Å². The summed E-state index contributed by atoms with van der Waals surface area (Å²) in [5.74, 6) is 5.51. The van der Waals surface area contributed by atoms with Gasteiger partial charge >= 0.3 is 0 Å². The first kappa shape index (κ1) is 25.9. The van der Waals surface area contributed by atoms with Gasteiger partial charge in [-0.05, 0) is 37.3 Å². The maximum absolute atomic E-state index is 13.2. The van der Waals surface area contributed by atoms with Crippen LogP contribution in [0, 0.1) is 28.9 Å². The number of hydrogen-bond acceptors (Lipinski definition) is 8. The van der Waals surface area contributed by atoms with E-state index in [-0.39, 0.29) is 24.6 Å². The summed E-state index contributed by atoms with van der Waals surface area (Å²) in [7, 11) is 0. The molecule has 188 valence electrons. The minimum atomic E-state index is -0.844. The van der Waals surface area contributed by atoms with Gasteiger partial charge in [0.2, 0.25) is 0 Å². The number of nitrogens with zero attached hydrogens (tertiary/aromatic N) is 4. The molecule has 0 bridgehead atoms. The van der Waals surface area contributed by atoms with Crippen LogP contribution in [-0.2, 0) is 9.57 Å². The Bertz CT molecular complexity index is 1340. The van der Waals surface area contributed by atoms with Gasteiger partial charge < -0.3 is 9.57 Å². The first-order chi connectivity index (χ1) is 17.3. The highest BCUT2D eigenvalue weighted by molar-refractivity contribution is 7.16. The van der Waals surface area contributed by atoms with Gasteiger partial charge in [-0.2, -0.15) is 5.10 Å². The van der Waals surface area contributed by atoms with Crippen molar-refractivity contribution in [1.29, 1.82) is 0 Å². The maximum Gasteiger partial charge on any atom is 0.294 e. The molecule has 2 aromatic heterocycles. The van der Waals surface area contributed by atoms with Crippen LogP contribution in [0.1, 0.15) is 27.3 Å². The predicted octanol–water partition coefficient (Wildman–Crippen LogP) is 4.14. The molecule has 36 heavy (non-hydrogen) atoms. The van der Waals surface area contributed by atoms with Crippen LogP contribution in [0.3, 0.4) is 0 Å². The van der Waals surface area contributed by atoms with E-state index in [9.17, 15) is 14.9 Å². The topological polar surface area (TPSA) is 112 Å². The number of carbonyl (C=O) groups excluding carboxylic acids is 1. The van der Waals surface area contributed by atoms with E-state index in [1.165, 1.54) is 11.3 Å². The number of thiophene rings is 1. The van der Waals surface area contributed by atoms with E-state index in [1.54, 1.807) is 27.9 Å². The molecule has 10 nitrogen and oxygen atoms in total. The van der Waals surface area contributed by atoms with E-state index >= 15 is 0 Å². The van der Waals surface area contributed by atoms with Gasteiger partial charge in [0, 0.05) is 30.1 Å². The van der Waals surface area contributed by atoms with Crippen molar-refractivity contribution in [2.75, 3.05) is 32.9 Å². The van der Waals surface area contributed by atoms with E-state index in [0.717, 1.165) is 9.75 Å². The van der Waals surface area contributed by atoms with Crippen molar-refractivity contribution in [1.82, 2.24) is 20.2 Å². The lowest BCUT2D eigenvalue weighted by Crippen LogP contribution is -2.48. The predicted molar refractivity (Wildman–Crippen MR) is 136 cm³/mol. The average molecular weight is 550 g/mol. The highest BCUT2D eigenvalue weighted by Crippen LogP contribution is 2.36. The van der Waals surface area contributed by atoms with Crippen molar-refractivity contribution < 1.29 is 19.5 Å². The van der Waals surface area contributed by atoms with Gasteiger partial charge in [0.25, 0.3) is 11.0 Å². The minimum absolute atomic E-state index is 0.0964. The standard InChI is InChI=1S/C23H21Cl2N5O5S/c1-15-21(23(31)27-28-9-12-34-13-10-28)26-29(19-7-5-16(24)14-18(19)25)22(15)20-8-6-17(36-20)4-2-3-11-35-30(32)33/h5-8,14H,3,9-13H2,1H3,(H,27,31). The third-order valence-electron chi connectivity index (χ3n) is 5.22. The molecule has 1 fully saturated rings. The summed E-state index contributed by atoms with van der Waals surface area (Å²) in [5, 5.41) is 16.7. The second kappa shape index (κ2) is 11.7. The lowest BCUT2D eigenvalue weighted by Gasteiger charge is -2.26. The van der Waals surface area contributed by atoms with Crippen LogP contribution in [0.15, 0.2) is 30.3 Å². The lowest BCUT2D eigenvalue weighted by atomic mass is 10.1. The Kier molecular flexibility index (Phi) is 8.45. The largest absolute Gasteiger partial charge is 0.379 e. The van der Waals surface area contributed by atoms with Gasteiger partial charge in [0.05, 0.1) is 39.4 Å². The molecule has 1 aromatic carbocycles. The highest BCUT2D eigenvalue weighted by Gasteiger charge is 2.25. The van der Waals surface area contributed by atoms with Crippen molar-refractivity contribution in [2.24, 2.45) is 0 Å². The van der Waals surface area contributed by atoms with E-state index in [0.29, 0.717) is 53.3 Å². The fourth-order valence-corrected chi connectivity index (χ4v) is 5.01. The maximum atomic E-state index is 13.2. The van der Waals surface area contributed by atoms with Gasteiger partial charge in [-0.3, -0.25) is 10.2 Å². The molecule has 4 rings (SSSR count). The third kappa shape index (κ3) is 6.16. The Morgan fingerprint density at radius 3 is 2.81 bits per heavy atom. The highest BCUT2D eigenvalue weighted by atomic mass is 35.5. The number of ether oxygens (including phenoxy) is 1. The number of rotatable bonds is 7. The quantitative estimate of drug-likeness (QED) is 0.204. The van der Waals surface area contributed by atoms with Crippen molar-refractivity contribution >= 4 is 40.4 Å². The molecule has 0 unspecified atom stereocenters. The first-order valence-corrected chi connectivity index (χ1v) is 12.5. The smallest absolute Gasteiger partial charge is 0.294 e. The molecule has 3 aromatic rings. The Hall–Kier alpha value is -3.14. The molecule has 1 aliphatic rings. The summed E-state index contributed by atoms with van der Waals surface area (Å²) in [4.78, 5) is 29.3. The third-order valence-corrected chi connectivity index (χ3v) is 6.77. The number of morpholine rings is 1. The van der Waals surface area contributed by atoms with Crippen molar-refractivity contribution in [2.45, 2.75) is 13.3 Å². The van der Waals surface area contributed by atoms with Crippen molar-refractivity contribution in [3.05, 3.63) is 66.6 Å². The molecule has 0 saturated carbocycles. The van der Waals surface area contributed by atoms with Crippen LogP contribution in [0.2, 0.25) is 10.0 Å². The molecule has 13 heteroatoms. The van der Waals surface area contributed by atoms with Gasteiger partial charge in [0.1, 0.15) is 6.61 Å². The number of halogens is 2. The molecule has 3 heterocycles. The summed E-state index contributed by atoms with van der Waals surface area (Å²) < 4.78 is 6.98. The summed E-state index contributed by atoms with van der Waals surface area (Å²) in [6.07, 6.45) is 0.220. The van der Waals surface area contributed by atoms with E-state index in [4.69, 9.17) is 27.9 Å². The SMILES string of the molecule is Cc1c(C(=O)NN2CCOCC2)nn(-c2ccc(Cl)cc2Cl)c1-c1ccc(C#CCCO[N+](=O)[O-])s1. The molecule has 0 spiro atoms. The number of aromatic nitrogens is 2. The van der Waals surface area contributed by atoms with Gasteiger partial charge in [-0.25, -0.2) is 9.69 Å². The van der Waals surface area contributed by atoms with Crippen LogP contribution in [0.4, 0.5) is 0 Å². The van der Waals surface area contributed by atoms with Gasteiger partial charge in [0.15, 0.2) is 5.69 Å². The second-order valence-corrected chi connectivity index (χ2v) is 9.57. The summed E-state index contributed by atoms with van der Waals surface area (Å²) in [5.41, 5.74) is 5.11. The summed E-state index contributed by atoms with van der Waals surface area (Å²) in [6, 6.07) is 8.79. The Labute approximate surface area is 220 Å². The van der Waals surface area contributed by atoms with E-state index in [2.05, 4.69) is 27.2 Å². The Morgan fingerprint density at radius 2 is 2.08 bits per heavy atom. The van der Waals surface area contributed by atoms with Crippen molar-refractivity contribution in [3.63, 3.8) is 0 Å². The molecule has 0 radical (unpaired) electrons. The van der Waals surface area contributed by atoms with E-state index in [1.807, 2.05) is 19.1 Å². The van der Waals surface area contributed by atoms with Gasteiger partial charge in [-0.15, -0.1) is 21.5 Å².